The highest BCUT2D eigenvalue weighted by Crippen LogP contribution is 2.39. The lowest BCUT2D eigenvalue weighted by Gasteiger charge is -2.25. The Morgan fingerprint density at radius 1 is 1.17 bits per heavy atom. The molecule has 1 aliphatic rings. The van der Waals surface area contributed by atoms with Gasteiger partial charge in [0.2, 0.25) is 0 Å². The highest BCUT2D eigenvalue weighted by atomic mass is 35.5. The van der Waals surface area contributed by atoms with Crippen molar-refractivity contribution in [2.75, 3.05) is 17.6 Å². The standard InChI is InChI=1S/C16H13Cl2FN2OS/c17-12-2-1-3-13(18)14(12)20-16(22)21-8-9-23-15(21)10-4-6-11(19)7-5-10/h1-7,15H,8-9H2,(H,20,22)/t15-/m0/s1. The van der Waals surface area contributed by atoms with Crippen molar-refractivity contribution in [3.05, 3.63) is 63.9 Å². The minimum Gasteiger partial charge on any atom is -0.308 e. The van der Waals surface area contributed by atoms with Crippen LogP contribution in [0.15, 0.2) is 42.5 Å². The molecule has 1 aliphatic heterocycles. The maximum Gasteiger partial charge on any atom is 0.323 e. The number of amides is 2. The minimum atomic E-state index is -0.296. The van der Waals surface area contributed by atoms with Crippen molar-refractivity contribution in [1.29, 1.82) is 0 Å². The fourth-order valence-electron chi connectivity index (χ4n) is 2.38. The zero-order valence-corrected chi connectivity index (χ0v) is 14.3. The zero-order valence-electron chi connectivity index (χ0n) is 11.9. The van der Waals surface area contributed by atoms with Crippen LogP contribution in [0.5, 0.6) is 0 Å². The van der Waals surface area contributed by atoms with Gasteiger partial charge in [-0.25, -0.2) is 9.18 Å². The van der Waals surface area contributed by atoms with Gasteiger partial charge in [0, 0.05) is 12.3 Å². The van der Waals surface area contributed by atoms with Crippen molar-refractivity contribution in [3.8, 4) is 0 Å². The van der Waals surface area contributed by atoms with E-state index in [1.54, 1.807) is 47.0 Å². The summed E-state index contributed by atoms with van der Waals surface area (Å²) in [6, 6.07) is 11.0. The number of anilines is 1. The van der Waals surface area contributed by atoms with E-state index in [-0.39, 0.29) is 17.2 Å². The Hall–Kier alpha value is -1.43. The SMILES string of the molecule is O=C(Nc1c(Cl)cccc1Cl)N1CCS[C@H]1c1ccc(F)cc1. The first-order chi connectivity index (χ1) is 11.1. The molecule has 0 bridgehead atoms. The summed E-state index contributed by atoms with van der Waals surface area (Å²) in [4.78, 5) is 14.3. The Balaban J connectivity index is 1.80. The summed E-state index contributed by atoms with van der Waals surface area (Å²) < 4.78 is 13.1. The molecular weight excluding hydrogens is 358 g/mol. The molecule has 23 heavy (non-hydrogen) atoms. The number of rotatable bonds is 2. The molecule has 3 nitrogen and oxygen atoms in total. The van der Waals surface area contributed by atoms with Crippen LogP contribution in [0.25, 0.3) is 0 Å². The van der Waals surface area contributed by atoms with Gasteiger partial charge in [0.25, 0.3) is 0 Å². The van der Waals surface area contributed by atoms with Gasteiger partial charge in [0.15, 0.2) is 0 Å². The van der Waals surface area contributed by atoms with Crippen molar-refractivity contribution < 1.29 is 9.18 Å². The molecule has 2 aromatic carbocycles. The van der Waals surface area contributed by atoms with Gasteiger partial charge in [0.05, 0.1) is 15.7 Å². The Labute approximate surface area is 147 Å². The fourth-order valence-corrected chi connectivity index (χ4v) is 4.13. The highest BCUT2D eigenvalue weighted by Gasteiger charge is 2.31. The minimum absolute atomic E-state index is 0.156. The first-order valence-electron chi connectivity index (χ1n) is 6.95. The van der Waals surface area contributed by atoms with E-state index in [9.17, 15) is 9.18 Å². The van der Waals surface area contributed by atoms with Crippen molar-refractivity contribution in [3.63, 3.8) is 0 Å². The smallest absolute Gasteiger partial charge is 0.308 e. The molecule has 0 aliphatic carbocycles. The summed E-state index contributed by atoms with van der Waals surface area (Å²) in [6.07, 6.45) is 0. The number of carbonyl (C=O) groups is 1. The molecule has 2 amide bonds. The van der Waals surface area contributed by atoms with Gasteiger partial charge in [-0.2, -0.15) is 0 Å². The number of nitrogens with zero attached hydrogens (tertiary/aromatic N) is 1. The summed E-state index contributed by atoms with van der Waals surface area (Å²) in [5.41, 5.74) is 1.28. The van der Waals surface area contributed by atoms with Crippen molar-refractivity contribution >= 4 is 46.7 Å². The second-order valence-electron chi connectivity index (χ2n) is 4.99. The number of urea groups is 1. The molecule has 0 saturated carbocycles. The maximum absolute atomic E-state index is 13.1. The van der Waals surface area contributed by atoms with Gasteiger partial charge in [-0.1, -0.05) is 41.4 Å². The topological polar surface area (TPSA) is 32.3 Å². The van der Waals surface area contributed by atoms with E-state index in [0.717, 1.165) is 11.3 Å². The largest absolute Gasteiger partial charge is 0.323 e. The van der Waals surface area contributed by atoms with Crippen molar-refractivity contribution in [2.45, 2.75) is 5.37 Å². The molecule has 0 unspecified atom stereocenters. The van der Waals surface area contributed by atoms with Crippen molar-refractivity contribution in [2.24, 2.45) is 0 Å². The van der Waals surface area contributed by atoms with E-state index in [4.69, 9.17) is 23.2 Å². The molecule has 1 atom stereocenters. The summed E-state index contributed by atoms with van der Waals surface area (Å²) in [5, 5.41) is 3.38. The Morgan fingerprint density at radius 2 is 1.83 bits per heavy atom. The van der Waals surface area contributed by atoms with Crippen LogP contribution >= 0.6 is 35.0 Å². The monoisotopic (exact) mass is 370 g/mol. The van der Waals surface area contributed by atoms with Gasteiger partial charge < -0.3 is 10.2 Å². The Bertz CT molecular complexity index is 706. The van der Waals surface area contributed by atoms with Crippen LogP contribution in [0.2, 0.25) is 10.0 Å². The molecule has 0 spiro atoms. The Morgan fingerprint density at radius 3 is 2.48 bits per heavy atom. The average Bonchev–Trinajstić information content (AvgIpc) is 3.01. The number of benzene rings is 2. The van der Waals surface area contributed by atoms with Gasteiger partial charge in [0.1, 0.15) is 11.2 Å². The molecule has 1 saturated heterocycles. The van der Waals surface area contributed by atoms with Crippen LogP contribution in [0, 0.1) is 5.82 Å². The third-order valence-electron chi connectivity index (χ3n) is 3.50. The first kappa shape index (κ1) is 16.4. The second-order valence-corrected chi connectivity index (χ2v) is 7.00. The quantitative estimate of drug-likeness (QED) is 0.765. The normalized spacial score (nSPS) is 17.3. The van der Waals surface area contributed by atoms with Crippen molar-refractivity contribution in [1.82, 2.24) is 4.90 Å². The second kappa shape index (κ2) is 6.99. The molecule has 2 aromatic rings. The van der Waals surface area contributed by atoms with E-state index in [2.05, 4.69) is 5.32 Å². The summed E-state index contributed by atoms with van der Waals surface area (Å²) >= 11 is 13.8. The molecule has 3 rings (SSSR count). The fraction of sp³-hybridized carbons (Fsp3) is 0.188. The van der Waals surface area contributed by atoms with Crippen LogP contribution in [-0.2, 0) is 0 Å². The number of hydrogen-bond acceptors (Lipinski definition) is 2. The van der Waals surface area contributed by atoms with E-state index < -0.39 is 0 Å². The first-order valence-corrected chi connectivity index (χ1v) is 8.75. The average molecular weight is 371 g/mol. The highest BCUT2D eigenvalue weighted by molar-refractivity contribution is 7.99. The van der Waals surface area contributed by atoms with E-state index in [0.29, 0.717) is 22.3 Å². The van der Waals surface area contributed by atoms with E-state index in [1.807, 2.05) is 0 Å². The summed E-state index contributed by atoms with van der Waals surface area (Å²) in [5.74, 6) is 0.515. The third-order valence-corrected chi connectivity index (χ3v) is 5.39. The van der Waals surface area contributed by atoms with E-state index >= 15 is 0 Å². The molecule has 1 fully saturated rings. The maximum atomic E-state index is 13.1. The van der Waals surface area contributed by atoms with Gasteiger partial charge >= 0.3 is 6.03 Å². The number of para-hydroxylation sites is 1. The van der Waals surface area contributed by atoms with E-state index in [1.165, 1.54) is 12.1 Å². The van der Waals surface area contributed by atoms with Crippen LogP contribution in [0.3, 0.4) is 0 Å². The summed E-state index contributed by atoms with van der Waals surface area (Å²) in [6.45, 7) is 0.598. The predicted molar refractivity (Wildman–Crippen MR) is 93.8 cm³/mol. The van der Waals surface area contributed by atoms with Gasteiger partial charge in [-0.3, -0.25) is 0 Å². The molecule has 0 radical (unpaired) electrons. The number of hydrogen-bond donors (Lipinski definition) is 1. The lowest BCUT2D eigenvalue weighted by molar-refractivity contribution is 0.214. The van der Waals surface area contributed by atoms with Crippen LogP contribution < -0.4 is 5.32 Å². The summed E-state index contributed by atoms with van der Waals surface area (Å²) in [7, 11) is 0. The van der Waals surface area contributed by atoms with Crippen LogP contribution in [0.1, 0.15) is 10.9 Å². The molecule has 120 valence electrons. The van der Waals surface area contributed by atoms with Gasteiger partial charge in [-0.05, 0) is 29.8 Å². The van der Waals surface area contributed by atoms with Crippen LogP contribution in [-0.4, -0.2) is 23.2 Å². The molecular formula is C16H13Cl2FN2OS. The number of nitrogens with one attached hydrogen (secondary N) is 1. The molecule has 1 heterocycles. The van der Waals surface area contributed by atoms with Crippen LogP contribution in [0.4, 0.5) is 14.9 Å². The predicted octanol–water partition coefficient (Wildman–Crippen LogP) is 5.41. The molecule has 7 heteroatoms. The lowest BCUT2D eigenvalue weighted by Crippen LogP contribution is -2.34. The zero-order chi connectivity index (χ0) is 16.4. The number of thioether (sulfide) groups is 1. The lowest BCUT2D eigenvalue weighted by atomic mass is 10.2. The van der Waals surface area contributed by atoms with Gasteiger partial charge in [-0.15, -0.1) is 11.8 Å². The Kier molecular flexibility index (Phi) is 4.99. The third kappa shape index (κ3) is 3.57. The molecule has 1 N–H and O–H groups in total. The molecule has 0 aromatic heterocycles. The number of carbonyl (C=O) groups excluding carboxylic acids is 1. The number of halogens is 3.